The maximum absolute atomic E-state index is 12.5. The van der Waals surface area contributed by atoms with Gasteiger partial charge in [0, 0.05) is 56.7 Å². The Morgan fingerprint density at radius 1 is 1.30 bits per heavy atom. The van der Waals surface area contributed by atoms with E-state index in [1.54, 1.807) is 20.4 Å². The lowest BCUT2D eigenvalue weighted by Crippen LogP contribution is -2.54. The molecule has 2 fully saturated rings. The SMILES string of the molecule is COCCC(=O)N1CCN(c2nc(C3CC3)c(Nc3ccnc(OC)c3)cc2C#N)CC1C. The number of ether oxygens (including phenoxy) is 2. The molecule has 1 atom stereocenters. The lowest BCUT2D eigenvalue weighted by atomic mass is 10.1. The van der Waals surface area contributed by atoms with Crippen LogP contribution in [0, 0.1) is 11.3 Å². The van der Waals surface area contributed by atoms with Crippen LogP contribution in [0.2, 0.25) is 0 Å². The summed E-state index contributed by atoms with van der Waals surface area (Å²) in [6.07, 6.45) is 4.24. The van der Waals surface area contributed by atoms with Gasteiger partial charge in [0.25, 0.3) is 0 Å². The number of piperazine rings is 1. The van der Waals surface area contributed by atoms with Crippen LogP contribution in [-0.2, 0) is 9.53 Å². The molecule has 2 aromatic heterocycles. The Balaban J connectivity index is 1.58. The molecule has 33 heavy (non-hydrogen) atoms. The molecule has 2 aliphatic rings. The molecule has 1 aliphatic heterocycles. The van der Waals surface area contributed by atoms with E-state index < -0.39 is 0 Å². The van der Waals surface area contributed by atoms with Gasteiger partial charge >= 0.3 is 0 Å². The second-order valence-electron chi connectivity index (χ2n) is 8.52. The summed E-state index contributed by atoms with van der Waals surface area (Å²) in [5, 5.41) is 13.3. The normalized spacial score (nSPS) is 18.1. The molecular formula is C24H30N6O3. The van der Waals surface area contributed by atoms with Gasteiger partial charge in [-0.3, -0.25) is 4.79 Å². The number of hydrogen-bond acceptors (Lipinski definition) is 8. The van der Waals surface area contributed by atoms with Gasteiger partial charge in [-0.1, -0.05) is 0 Å². The number of anilines is 3. The predicted octanol–water partition coefficient (Wildman–Crippen LogP) is 3.05. The molecule has 1 aliphatic carbocycles. The Labute approximate surface area is 194 Å². The monoisotopic (exact) mass is 450 g/mol. The first-order chi connectivity index (χ1) is 16.0. The van der Waals surface area contributed by atoms with Gasteiger partial charge in [-0.15, -0.1) is 0 Å². The Bertz CT molecular complexity index is 1050. The van der Waals surface area contributed by atoms with E-state index in [4.69, 9.17) is 14.5 Å². The van der Waals surface area contributed by atoms with E-state index in [1.807, 2.05) is 30.0 Å². The molecule has 1 amide bonds. The topological polar surface area (TPSA) is 104 Å². The predicted molar refractivity (Wildman–Crippen MR) is 125 cm³/mol. The maximum atomic E-state index is 12.5. The quantitative estimate of drug-likeness (QED) is 0.655. The summed E-state index contributed by atoms with van der Waals surface area (Å²) < 4.78 is 10.3. The van der Waals surface area contributed by atoms with Crippen molar-refractivity contribution in [1.82, 2.24) is 14.9 Å². The van der Waals surface area contributed by atoms with E-state index in [-0.39, 0.29) is 11.9 Å². The summed E-state index contributed by atoms with van der Waals surface area (Å²) in [4.78, 5) is 25.7. The van der Waals surface area contributed by atoms with Gasteiger partial charge in [0.1, 0.15) is 11.9 Å². The van der Waals surface area contributed by atoms with Crippen molar-refractivity contribution in [2.75, 3.05) is 50.7 Å². The molecule has 4 rings (SSSR count). The van der Waals surface area contributed by atoms with E-state index in [1.165, 1.54) is 0 Å². The first-order valence-electron chi connectivity index (χ1n) is 11.3. The highest BCUT2D eigenvalue weighted by molar-refractivity contribution is 5.77. The van der Waals surface area contributed by atoms with Crippen LogP contribution in [0.4, 0.5) is 17.2 Å². The summed E-state index contributed by atoms with van der Waals surface area (Å²) in [7, 11) is 3.18. The van der Waals surface area contributed by atoms with Crippen LogP contribution < -0.4 is 15.0 Å². The van der Waals surface area contributed by atoms with Gasteiger partial charge < -0.3 is 24.6 Å². The van der Waals surface area contributed by atoms with Crippen LogP contribution in [-0.4, -0.2) is 67.3 Å². The lowest BCUT2D eigenvalue weighted by molar-refractivity contribution is -0.134. The smallest absolute Gasteiger partial charge is 0.225 e. The van der Waals surface area contributed by atoms with Crippen LogP contribution in [0.5, 0.6) is 5.88 Å². The fraction of sp³-hybridized carbons (Fsp3) is 0.500. The van der Waals surface area contributed by atoms with E-state index in [2.05, 4.69) is 21.3 Å². The molecule has 1 saturated heterocycles. The van der Waals surface area contributed by atoms with Crippen LogP contribution >= 0.6 is 0 Å². The number of aromatic nitrogens is 2. The van der Waals surface area contributed by atoms with Crippen molar-refractivity contribution in [2.45, 2.75) is 38.1 Å². The summed E-state index contributed by atoms with van der Waals surface area (Å²) in [5.74, 6) is 1.71. The average Bonchev–Trinajstić information content (AvgIpc) is 3.67. The number of nitrogens with zero attached hydrogens (tertiary/aromatic N) is 5. The standard InChI is InChI=1S/C24H30N6O3/c1-16-15-29(9-10-30(16)22(31)7-11-32-2)24-18(14-25)12-20(23(28-24)17-4-5-17)27-19-6-8-26-21(13-19)33-3/h6,8,12-13,16-17H,4-5,7,9-11,15H2,1-3H3,(H,26,27). The molecular weight excluding hydrogens is 420 g/mol. The van der Waals surface area contributed by atoms with E-state index >= 15 is 0 Å². The van der Waals surface area contributed by atoms with E-state index in [9.17, 15) is 10.1 Å². The zero-order valence-electron chi connectivity index (χ0n) is 19.4. The van der Waals surface area contributed by atoms with Gasteiger partial charge in [-0.25, -0.2) is 9.97 Å². The average molecular weight is 451 g/mol. The van der Waals surface area contributed by atoms with E-state index in [0.29, 0.717) is 55.8 Å². The molecule has 3 heterocycles. The van der Waals surface area contributed by atoms with Crippen LogP contribution in [0.3, 0.4) is 0 Å². The molecule has 9 heteroatoms. The Morgan fingerprint density at radius 3 is 2.79 bits per heavy atom. The number of pyridine rings is 2. The number of hydrogen-bond donors (Lipinski definition) is 1. The first-order valence-corrected chi connectivity index (χ1v) is 11.3. The van der Waals surface area contributed by atoms with Gasteiger partial charge in [0.05, 0.1) is 37.1 Å². The number of rotatable bonds is 8. The lowest BCUT2D eigenvalue weighted by Gasteiger charge is -2.41. The van der Waals surface area contributed by atoms with Gasteiger partial charge in [0.15, 0.2) is 0 Å². The number of methoxy groups -OCH3 is 2. The summed E-state index contributed by atoms with van der Waals surface area (Å²) in [6.45, 7) is 4.35. The molecule has 1 saturated carbocycles. The minimum absolute atomic E-state index is 0.0305. The number of nitriles is 1. The van der Waals surface area contributed by atoms with E-state index in [0.717, 1.165) is 29.9 Å². The molecule has 1 unspecified atom stereocenters. The largest absolute Gasteiger partial charge is 0.481 e. The zero-order valence-corrected chi connectivity index (χ0v) is 19.4. The third kappa shape index (κ3) is 5.17. The fourth-order valence-corrected chi connectivity index (χ4v) is 4.22. The Hall–Kier alpha value is -3.38. The molecule has 0 bridgehead atoms. The minimum Gasteiger partial charge on any atom is -0.481 e. The minimum atomic E-state index is 0.0305. The maximum Gasteiger partial charge on any atom is 0.225 e. The second-order valence-corrected chi connectivity index (χ2v) is 8.52. The third-order valence-corrected chi connectivity index (χ3v) is 6.11. The highest BCUT2D eigenvalue weighted by Gasteiger charge is 2.33. The highest BCUT2D eigenvalue weighted by Crippen LogP contribution is 2.44. The summed E-state index contributed by atoms with van der Waals surface area (Å²) in [6, 6.07) is 7.93. The molecule has 2 aromatic rings. The molecule has 0 aromatic carbocycles. The van der Waals surface area contributed by atoms with Crippen molar-refractivity contribution >= 4 is 23.1 Å². The Kier molecular flexibility index (Phi) is 6.94. The molecule has 9 nitrogen and oxygen atoms in total. The molecule has 174 valence electrons. The molecule has 0 radical (unpaired) electrons. The number of nitrogens with one attached hydrogen (secondary N) is 1. The third-order valence-electron chi connectivity index (χ3n) is 6.11. The number of amides is 1. The van der Waals surface area contributed by atoms with Crippen molar-refractivity contribution in [3.05, 3.63) is 35.7 Å². The van der Waals surface area contributed by atoms with Crippen molar-refractivity contribution < 1.29 is 14.3 Å². The zero-order chi connectivity index (χ0) is 23.4. The summed E-state index contributed by atoms with van der Waals surface area (Å²) >= 11 is 0. The fourth-order valence-electron chi connectivity index (χ4n) is 4.22. The number of carbonyl (C=O) groups excluding carboxylic acids is 1. The van der Waals surface area contributed by atoms with Crippen molar-refractivity contribution in [3.8, 4) is 11.9 Å². The van der Waals surface area contributed by atoms with Crippen molar-refractivity contribution in [3.63, 3.8) is 0 Å². The first kappa shape index (κ1) is 22.8. The van der Waals surface area contributed by atoms with Gasteiger partial charge in [0.2, 0.25) is 11.8 Å². The van der Waals surface area contributed by atoms with Gasteiger partial charge in [-0.05, 0) is 31.9 Å². The molecule has 1 N–H and O–H groups in total. The van der Waals surface area contributed by atoms with Crippen molar-refractivity contribution in [1.29, 1.82) is 5.26 Å². The second kappa shape index (κ2) is 10.0. The highest BCUT2D eigenvalue weighted by atomic mass is 16.5. The van der Waals surface area contributed by atoms with Crippen LogP contribution in [0.1, 0.15) is 43.4 Å². The van der Waals surface area contributed by atoms with Crippen LogP contribution in [0.25, 0.3) is 0 Å². The Morgan fingerprint density at radius 2 is 2.12 bits per heavy atom. The molecule has 0 spiro atoms. The summed E-state index contributed by atoms with van der Waals surface area (Å²) in [5.41, 5.74) is 3.17. The van der Waals surface area contributed by atoms with Crippen LogP contribution in [0.15, 0.2) is 24.4 Å². The van der Waals surface area contributed by atoms with Crippen molar-refractivity contribution in [2.24, 2.45) is 0 Å². The number of carbonyl (C=O) groups is 1. The van der Waals surface area contributed by atoms with Gasteiger partial charge in [-0.2, -0.15) is 5.26 Å².